The molecular formula is C6H2ClF3INO2S. The van der Waals surface area contributed by atoms with E-state index in [0.29, 0.717) is 6.20 Å². The highest BCUT2D eigenvalue weighted by Crippen LogP contribution is 2.31. The molecule has 3 nitrogen and oxygen atoms in total. The Morgan fingerprint density at radius 1 is 1.47 bits per heavy atom. The Hall–Kier alpha value is -0.0900. The van der Waals surface area contributed by atoms with Gasteiger partial charge in [-0.1, -0.05) is 0 Å². The Kier molecular flexibility index (Phi) is 3.82. The largest absolute Gasteiger partial charge is 0.268 e. The molecule has 0 aliphatic rings. The first kappa shape index (κ1) is 13.0. The average molecular weight is 372 g/mol. The molecule has 0 amide bonds. The van der Waals surface area contributed by atoms with Crippen molar-refractivity contribution in [3.05, 3.63) is 21.3 Å². The van der Waals surface area contributed by atoms with Crippen LogP contribution in [0.5, 0.6) is 0 Å². The SMILES string of the molecule is O=S(=O)(Cl)c1cnc(I)c(F)c1C(F)F. The predicted octanol–water partition coefficient (Wildman–Crippen LogP) is 2.69. The van der Waals surface area contributed by atoms with Crippen LogP contribution in [0.25, 0.3) is 0 Å². The molecule has 0 N–H and O–H groups in total. The number of aromatic nitrogens is 1. The summed E-state index contributed by atoms with van der Waals surface area (Å²) in [6.07, 6.45) is -2.67. The minimum Gasteiger partial charge on any atom is -0.246 e. The highest BCUT2D eigenvalue weighted by atomic mass is 127. The summed E-state index contributed by atoms with van der Waals surface area (Å²) in [5.41, 5.74) is -1.25. The Morgan fingerprint density at radius 3 is 2.40 bits per heavy atom. The van der Waals surface area contributed by atoms with E-state index in [-0.39, 0.29) is 3.70 Å². The van der Waals surface area contributed by atoms with Crippen LogP contribution in [0.2, 0.25) is 0 Å². The summed E-state index contributed by atoms with van der Waals surface area (Å²) in [6, 6.07) is 0. The summed E-state index contributed by atoms with van der Waals surface area (Å²) in [4.78, 5) is 2.30. The highest BCUT2D eigenvalue weighted by Gasteiger charge is 2.27. The number of rotatable bonds is 2. The topological polar surface area (TPSA) is 47.0 Å². The smallest absolute Gasteiger partial charge is 0.246 e. The number of hydrogen-bond acceptors (Lipinski definition) is 3. The maximum Gasteiger partial charge on any atom is 0.268 e. The fourth-order valence-electron chi connectivity index (χ4n) is 0.858. The molecule has 0 aliphatic heterocycles. The van der Waals surface area contributed by atoms with Crippen molar-refractivity contribution in [2.45, 2.75) is 11.3 Å². The van der Waals surface area contributed by atoms with Crippen molar-refractivity contribution in [2.24, 2.45) is 0 Å². The molecule has 1 aromatic heterocycles. The normalized spacial score (nSPS) is 12.1. The van der Waals surface area contributed by atoms with Gasteiger partial charge < -0.3 is 0 Å². The second-order valence-corrected chi connectivity index (χ2v) is 5.94. The van der Waals surface area contributed by atoms with E-state index in [1.54, 1.807) is 0 Å². The van der Waals surface area contributed by atoms with Gasteiger partial charge in [0, 0.05) is 16.9 Å². The molecule has 0 aliphatic carbocycles. The molecule has 0 unspecified atom stereocenters. The molecule has 15 heavy (non-hydrogen) atoms. The maximum absolute atomic E-state index is 13.2. The van der Waals surface area contributed by atoms with Gasteiger partial charge in [-0.2, -0.15) is 0 Å². The average Bonchev–Trinajstić information content (AvgIpc) is 2.06. The lowest BCUT2D eigenvalue weighted by molar-refractivity contribution is 0.142. The van der Waals surface area contributed by atoms with E-state index in [0.717, 1.165) is 0 Å². The zero-order valence-electron chi connectivity index (χ0n) is 6.72. The third kappa shape index (κ3) is 2.72. The summed E-state index contributed by atoms with van der Waals surface area (Å²) >= 11 is 1.37. The quantitative estimate of drug-likeness (QED) is 0.456. The van der Waals surface area contributed by atoms with E-state index in [2.05, 4.69) is 4.98 Å². The fourth-order valence-corrected chi connectivity index (χ4v) is 2.28. The van der Waals surface area contributed by atoms with E-state index in [1.807, 2.05) is 0 Å². The van der Waals surface area contributed by atoms with Gasteiger partial charge in [0.25, 0.3) is 15.5 Å². The van der Waals surface area contributed by atoms with E-state index >= 15 is 0 Å². The molecule has 0 fully saturated rings. The van der Waals surface area contributed by atoms with Crippen molar-refractivity contribution in [3.63, 3.8) is 0 Å². The molecule has 84 valence electrons. The zero-order chi connectivity index (χ0) is 11.8. The highest BCUT2D eigenvalue weighted by molar-refractivity contribution is 14.1. The molecule has 0 bridgehead atoms. The lowest BCUT2D eigenvalue weighted by atomic mass is 10.3. The summed E-state index contributed by atoms with van der Waals surface area (Å²) in [7, 11) is 0.431. The summed E-state index contributed by atoms with van der Waals surface area (Å²) in [6.45, 7) is 0. The second-order valence-electron chi connectivity index (χ2n) is 2.38. The lowest BCUT2D eigenvalue weighted by Gasteiger charge is -2.07. The van der Waals surface area contributed by atoms with Crippen molar-refractivity contribution >= 4 is 42.3 Å². The third-order valence-electron chi connectivity index (χ3n) is 1.46. The zero-order valence-corrected chi connectivity index (χ0v) is 10.4. The molecule has 1 rings (SSSR count). The molecule has 0 radical (unpaired) electrons. The van der Waals surface area contributed by atoms with Gasteiger partial charge in [0.15, 0.2) is 5.82 Å². The van der Waals surface area contributed by atoms with Gasteiger partial charge in [-0.05, 0) is 22.6 Å². The third-order valence-corrected chi connectivity index (χ3v) is 3.56. The van der Waals surface area contributed by atoms with Crippen LogP contribution < -0.4 is 0 Å². The van der Waals surface area contributed by atoms with Crippen LogP contribution in [-0.2, 0) is 9.05 Å². The number of pyridine rings is 1. The minimum atomic E-state index is -4.43. The Balaban J connectivity index is 3.62. The van der Waals surface area contributed by atoms with Crippen LogP contribution in [0.3, 0.4) is 0 Å². The standard InChI is InChI=1S/C6H2ClF3INO2S/c7-15(13,14)2-1-12-6(11)4(8)3(2)5(9)10/h1,5H. The predicted molar refractivity (Wildman–Crippen MR) is 54.9 cm³/mol. The molecule has 9 heteroatoms. The Morgan fingerprint density at radius 2 is 2.00 bits per heavy atom. The lowest BCUT2D eigenvalue weighted by Crippen LogP contribution is -2.05. The van der Waals surface area contributed by atoms with Crippen molar-refractivity contribution in [1.29, 1.82) is 0 Å². The molecule has 1 heterocycles. The van der Waals surface area contributed by atoms with Crippen molar-refractivity contribution in [1.82, 2.24) is 4.98 Å². The number of alkyl halides is 2. The fraction of sp³-hybridized carbons (Fsp3) is 0.167. The minimum absolute atomic E-state index is 0.341. The molecule has 0 atom stereocenters. The first-order valence-electron chi connectivity index (χ1n) is 3.32. The number of hydrogen-bond donors (Lipinski definition) is 0. The van der Waals surface area contributed by atoms with Gasteiger partial charge in [0.1, 0.15) is 8.60 Å². The Bertz CT molecular complexity index is 493. The van der Waals surface area contributed by atoms with E-state index < -0.39 is 31.8 Å². The summed E-state index contributed by atoms with van der Waals surface area (Å²) in [5.74, 6) is -1.37. The van der Waals surface area contributed by atoms with Gasteiger partial charge in [-0.3, -0.25) is 0 Å². The number of nitrogens with zero attached hydrogens (tertiary/aromatic N) is 1. The van der Waals surface area contributed by atoms with Gasteiger partial charge in [0.05, 0.1) is 5.56 Å². The van der Waals surface area contributed by atoms with Crippen LogP contribution in [0.4, 0.5) is 13.2 Å². The first-order chi connectivity index (χ1) is 6.75. The summed E-state index contributed by atoms with van der Waals surface area (Å²) < 4.78 is 59.3. The van der Waals surface area contributed by atoms with Crippen molar-refractivity contribution < 1.29 is 21.6 Å². The molecule has 0 spiro atoms. The van der Waals surface area contributed by atoms with Crippen molar-refractivity contribution in [3.8, 4) is 0 Å². The second kappa shape index (κ2) is 4.42. The van der Waals surface area contributed by atoms with Crippen LogP contribution in [0.1, 0.15) is 12.0 Å². The van der Waals surface area contributed by atoms with Gasteiger partial charge >= 0.3 is 0 Å². The van der Waals surface area contributed by atoms with Crippen LogP contribution >= 0.6 is 33.3 Å². The van der Waals surface area contributed by atoms with E-state index in [4.69, 9.17) is 10.7 Å². The van der Waals surface area contributed by atoms with Gasteiger partial charge in [-0.15, -0.1) is 0 Å². The number of halogens is 5. The molecule has 1 aromatic rings. The van der Waals surface area contributed by atoms with Gasteiger partial charge in [0.2, 0.25) is 0 Å². The monoisotopic (exact) mass is 371 g/mol. The molecule has 0 aromatic carbocycles. The van der Waals surface area contributed by atoms with E-state index in [9.17, 15) is 21.6 Å². The molecule has 0 saturated heterocycles. The van der Waals surface area contributed by atoms with Gasteiger partial charge in [-0.25, -0.2) is 26.6 Å². The molecule has 0 saturated carbocycles. The van der Waals surface area contributed by atoms with Crippen LogP contribution in [0, 0.1) is 9.52 Å². The van der Waals surface area contributed by atoms with E-state index in [1.165, 1.54) is 22.6 Å². The molecular weight excluding hydrogens is 369 g/mol. The van der Waals surface area contributed by atoms with Crippen LogP contribution in [-0.4, -0.2) is 13.4 Å². The van der Waals surface area contributed by atoms with Crippen LogP contribution in [0.15, 0.2) is 11.1 Å². The first-order valence-corrected chi connectivity index (χ1v) is 6.70. The summed E-state index contributed by atoms with van der Waals surface area (Å²) in [5, 5.41) is 0. The Labute approximate surface area is 101 Å². The maximum atomic E-state index is 13.2. The van der Waals surface area contributed by atoms with Crippen molar-refractivity contribution in [2.75, 3.05) is 0 Å².